The van der Waals surface area contributed by atoms with Crippen LogP contribution in [-0.2, 0) is 6.42 Å². The Labute approximate surface area is 170 Å². The van der Waals surface area contributed by atoms with Crippen LogP contribution in [0, 0.1) is 0 Å². The lowest BCUT2D eigenvalue weighted by Gasteiger charge is -2.07. The summed E-state index contributed by atoms with van der Waals surface area (Å²) in [7, 11) is 0. The van der Waals surface area contributed by atoms with Crippen molar-refractivity contribution in [3.63, 3.8) is 0 Å². The lowest BCUT2D eigenvalue weighted by atomic mass is 10.0. The summed E-state index contributed by atoms with van der Waals surface area (Å²) < 4.78 is 1.90. The number of Topliss-reactive ketones (excluding diaryl/α,β-unsaturated/α-hetero) is 1. The number of nitrogens with zero attached hydrogens (tertiary/aromatic N) is 4. The molecule has 0 saturated heterocycles. The maximum Gasteiger partial charge on any atom is 0.162 e. The summed E-state index contributed by atoms with van der Waals surface area (Å²) in [6.45, 7) is 6.22. The van der Waals surface area contributed by atoms with Gasteiger partial charge in [0.25, 0.3) is 0 Å². The highest BCUT2D eigenvalue weighted by molar-refractivity contribution is 5.95. The van der Waals surface area contributed by atoms with Gasteiger partial charge in [0, 0.05) is 41.9 Å². The number of hydrogen-bond acceptors (Lipinski definition) is 4. The molecule has 0 aliphatic heterocycles. The Kier molecular flexibility index (Phi) is 5.21. The predicted molar refractivity (Wildman–Crippen MR) is 114 cm³/mol. The molecule has 0 atom stereocenters. The van der Waals surface area contributed by atoms with Gasteiger partial charge in [0.1, 0.15) is 5.82 Å². The van der Waals surface area contributed by atoms with Crippen LogP contribution >= 0.6 is 0 Å². The van der Waals surface area contributed by atoms with E-state index in [2.05, 4.69) is 30.0 Å². The first-order valence-electron chi connectivity index (χ1n) is 9.97. The first kappa shape index (κ1) is 19.0. The molecule has 0 aliphatic rings. The van der Waals surface area contributed by atoms with Gasteiger partial charge in [-0.15, -0.1) is 0 Å². The Morgan fingerprint density at radius 3 is 2.62 bits per heavy atom. The Bertz CT molecular complexity index is 1160. The molecule has 0 saturated carbocycles. The molecule has 0 radical (unpaired) electrons. The van der Waals surface area contributed by atoms with Gasteiger partial charge in [-0.05, 0) is 29.7 Å². The Balaban J connectivity index is 1.61. The average Bonchev–Trinajstić information content (AvgIpc) is 3.17. The van der Waals surface area contributed by atoms with Crippen LogP contribution in [0.1, 0.15) is 60.4 Å². The zero-order valence-electron chi connectivity index (χ0n) is 17.0. The van der Waals surface area contributed by atoms with Crippen molar-refractivity contribution < 1.29 is 4.79 Å². The summed E-state index contributed by atoms with van der Waals surface area (Å²) in [5.41, 5.74) is 6.11. The van der Waals surface area contributed by atoms with E-state index in [4.69, 9.17) is 4.98 Å². The number of rotatable bonds is 6. The third-order valence-corrected chi connectivity index (χ3v) is 5.13. The van der Waals surface area contributed by atoms with Gasteiger partial charge >= 0.3 is 0 Å². The monoisotopic (exact) mass is 384 g/mol. The highest BCUT2D eigenvalue weighted by Crippen LogP contribution is 2.25. The van der Waals surface area contributed by atoms with E-state index in [9.17, 15) is 4.79 Å². The molecule has 0 N–H and O–H groups in total. The molecule has 3 heterocycles. The molecule has 4 rings (SSSR count). The van der Waals surface area contributed by atoms with Crippen molar-refractivity contribution in [1.82, 2.24) is 19.6 Å². The minimum atomic E-state index is 0.158. The summed E-state index contributed by atoms with van der Waals surface area (Å²) >= 11 is 0. The van der Waals surface area contributed by atoms with Crippen LogP contribution in [0.5, 0.6) is 0 Å². The number of fused-ring (bicyclic) bond motifs is 1. The number of benzene rings is 1. The number of aromatic nitrogens is 4. The quantitative estimate of drug-likeness (QED) is 0.434. The van der Waals surface area contributed by atoms with E-state index in [1.165, 1.54) is 5.56 Å². The standard InChI is InChI=1S/C24H24N4O/c1-4-23(29)18-7-5-17(6-8-18)13-24-25-11-9-21(27-24)19-10-12-28-22(14-19)20(15-26-28)16(2)3/h5-12,14-16H,4,13H2,1-3H3. The van der Waals surface area contributed by atoms with E-state index in [0.29, 0.717) is 18.8 Å². The van der Waals surface area contributed by atoms with Gasteiger partial charge in [-0.1, -0.05) is 45.0 Å². The molecule has 146 valence electrons. The van der Waals surface area contributed by atoms with Gasteiger partial charge in [-0.25, -0.2) is 14.5 Å². The Hall–Kier alpha value is -3.34. The van der Waals surface area contributed by atoms with Gasteiger partial charge in [-0.3, -0.25) is 4.79 Å². The average molecular weight is 384 g/mol. The van der Waals surface area contributed by atoms with Crippen molar-refractivity contribution in [2.75, 3.05) is 0 Å². The van der Waals surface area contributed by atoms with Gasteiger partial charge in [-0.2, -0.15) is 5.10 Å². The van der Waals surface area contributed by atoms with E-state index >= 15 is 0 Å². The van der Waals surface area contributed by atoms with Crippen LogP contribution in [0.2, 0.25) is 0 Å². The second kappa shape index (κ2) is 7.95. The van der Waals surface area contributed by atoms with Crippen LogP contribution in [0.25, 0.3) is 16.8 Å². The minimum absolute atomic E-state index is 0.158. The fourth-order valence-corrected chi connectivity index (χ4v) is 3.44. The molecule has 0 unspecified atom stereocenters. The van der Waals surface area contributed by atoms with Gasteiger partial charge in [0.05, 0.1) is 17.4 Å². The topological polar surface area (TPSA) is 60.2 Å². The van der Waals surface area contributed by atoms with Crippen molar-refractivity contribution in [1.29, 1.82) is 0 Å². The van der Waals surface area contributed by atoms with Gasteiger partial charge in [0.15, 0.2) is 5.78 Å². The number of ketones is 1. The van der Waals surface area contributed by atoms with Crippen LogP contribution in [0.3, 0.4) is 0 Å². The second-order valence-electron chi connectivity index (χ2n) is 7.51. The molecular formula is C24H24N4O. The van der Waals surface area contributed by atoms with E-state index in [1.54, 1.807) is 6.20 Å². The zero-order chi connectivity index (χ0) is 20.4. The SMILES string of the molecule is CCC(=O)c1ccc(Cc2nccc(-c3ccn4ncc(C(C)C)c4c3)n2)cc1. The fourth-order valence-electron chi connectivity index (χ4n) is 3.44. The first-order chi connectivity index (χ1) is 14.0. The minimum Gasteiger partial charge on any atom is -0.294 e. The number of carbonyl (C=O) groups is 1. The third-order valence-electron chi connectivity index (χ3n) is 5.13. The van der Waals surface area contributed by atoms with Gasteiger partial charge < -0.3 is 0 Å². The summed E-state index contributed by atoms with van der Waals surface area (Å²) in [6.07, 6.45) is 6.85. The maximum atomic E-state index is 11.8. The normalized spacial score (nSPS) is 11.3. The Morgan fingerprint density at radius 1 is 1.10 bits per heavy atom. The molecular weight excluding hydrogens is 360 g/mol. The Morgan fingerprint density at radius 2 is 1.90 bits per heavy atom. The molecule has 0 aliphatic carbocycles. The van der Waals surface area contributed by atoms with Crippen molar-refractivity contribution in [3.8, 4) is 11.3 Å². The molecule has 0 bridgehead atoms. The predicted octanol–water partition coefficient (Wildman–Crippen LogP) is 5.10. The van der Waals surface area contributed by atoms with E-state index in [1.807, 2.05) is 60.2 Å². The molecule has 4 aromatic rings. The lowest BCUT2D eigenvalue weighted by Crippen LogP contribution is -2.00. The van der Waals surface area contributed by atoms with Gasteiger partial charge in [0.2, 0.25) is 0 Å². The fraction of sp³-hybridized carbons (Fsp3) is 0.250. The number of carbonyl (C=O) groups excluding carboxylic acids is 1. The number of pyridine rings is 1. The molecule has 1 aromatic carbocycles. The highest BCUT2D eigenvalue weighted by Gasteiger charge is 2.11. The van der Waals surface area contributed by atoms with Crippen LogP contribution in [0.15, 0.2) is 61.1 Å². The van der Waals surface area contributed by atoms with Crippen LogP contribution < -0.4 is 0 Å². The molecule has 0 amide bonds. The maximum absolute atomic E-state index is 11.8. The molecule has 0 spiro atoms. The van der Waals surface area contributed by atoms with Crippen LogP contribution in [-0.4, -0.2) is 25.4 Å². The third kappa shape index (κ3) is 3.94. The molecule has 3 aromatic heterocycles. The molecule has 29 heavy (non-hydrogen) atoms. The smallest absolute Gasteiger partial charge is 0.162 e. The van der Waals surface area contributed by atoms with Crippen LogP contribution in [0.4, 0.5) is 0 Å². The molecule has 5 heteroatoms. The molecule has 5 nitrogen and oxygen atoms in total. The van der Waals surface area contributed by atoms with Crippen molar-refractivity contribution >= 4 is 11.3 Å². The molecule has 0 fully saturated rings. The highest BCUT2D eigenvalue weighted by atomic mass is 16.1. The summed E-state index contributed by atoms with van der Waals surface area (Å²) in [5.74, 6) is 1.33. The summed E-state index contributed by atoms with van der Waals surface area (Å²) in [4.78, 5) is 21.0. The summed E-state index contributed by atoms with van der Waals surface area (Å²) in [5, 5.41) is 4.43. The first-order valence-corrected chi connectivity index (χ1v) is 9.97. The number of hydrogen-bond donors (Lipinski definition) is 0. The lowest BCUT2D eigenvalue weighted by molar-refractivity contribution is 0.0988. The largest absolute Gasteiger partial charge is 0.294 e. The van der Waals surface area contributed by atoms with Crippen molar-refractivity contribution in [2.24, 2.45) is 0 Å². The van der Waals surface area contributed by atoms with E-state index < -0.39 is 0 Å². The van der Waals surface area contributed by atoms with E-state index in [-0.39, 0.29) is 5.78 Å². The zero-order valence-corrected chi connectivity index (χ0v) is 17.0. The van der Waals surface area contributed by atoms with E-state index in [0.717, 1.165) is 33.7 Å². The summed E-state index contributed by atoms with van der Waals surface area (Å²) in [6, 6.07) is 13.8. The second-order valence-corrected chi connectivity index (χ2v) is 7.51. The van der Waals surface area contributed by atoms with Crippen molar-refractivity contribution in [2.45, 2.75) is 39.5 Å². The van der Waals surface area contributed by atoms with Crippen molar-refractivity contribution in [3.05, 3.63) is 83.6 Å².